The van der Waals surface area contributed by atoms with Crippen LogP contribution in [0.2, 0.25) is 0 Å². The molecule has 2 heterocycles. The number of nitrogens with zero attached hydrogens (tertiary/aromatic N) is 1. The van der Waals surface area contributed by atoms with Crippen LogP contribution < -0.4 is 9.47 Å². The monoisotopic (exact) mass is 230 g/mol. The molecule has 0 bridgehead atoms. The van der Waals surface area contributed by atoms with E-state index in [9.17, 15) is 0 Å². The van der Waals surface area contributed by atoms with Gasteiger partial charge in [-0.25, -0.2) is 4.98 Å². The van der Waals surface area contributed by atoms with Crippen molar-refractivity contribution in [2.75, 3.05) is 13.7 Å². The molecule has 1 unspecified atom stereocenters. The first kappa shape index (κ1) is 10.2. The van der Waals surface area contributed by atoms with E-state index in [0.29, 0.717) is 0 Å². The van der Waals surface area contributed by atoms with Gasteiger partial charge in [-0.15, -0.1) is 0 Å². The number of fused-ring (bicyclic) bond motifs is 1. The Morgan fingerprint density at radius 1 is 1.47 bits per heavy atom. The quantitative estimate of drug-likeness (QED) is 0.861. The minimum Gasteiger partial charge on any atom is -0.497 e. The Balaban J connectivity index is 2.06. The van der Waals surface area contributed by atoms with Crippen molar-refractivity contribution in [1.82, 2.24) is 9.97 Å². The molecule has 0 fully saturated rings. The molecule has 3 rings (SSSR count). The summed E-state index contributed by atoms with van der Waals surface area (Å²) in [6.07, 6.45) is 4.57. The Morgan fingerprint density at radius 3 is 3.18 bits per heavy atom. The summed E-state index contributed by atoms with van der Waals surface area (Å²) in [6.45, 7) is 0.727. The van der Waals surface area contributed by atoms with Crippen molar-refractivity contribution in [3.8, 4) is 11.5 Å². The molecule has 1 atom stereocenters. The van der Waals surface area contributed by atoms with Gasteiger partial charge in [-0.2, -0.15) is 0 Å². The van der Waals surface area contributed by atoms with Crippen LogP contribution in [0.4, 0.5) is 0 Å². The third kappa shape index (κ3) is 1.75. The van der Waals surface area contributed by atoms with Crippen LogP contribution in [0.5, 0.6) is 11.5 Å². The van der Waals surface area contributed by atoms with Crippen LogP contribution in [0.15, 0.2) is 30.6 Å². The maximum absolute atomic E-state index is 5.65. The van der Waals surface area contributed by atoms with Crippen LogP contribution in [-0.4, -0.2) is 23.7 Å². The number of imidazole rings is 1. The van der Waals surface area contributed by atoms with Gasteiger partial charge in [0.2, 0.25) is 0 Å². The second-order valence-electron chi connectivity index (χ2n) is 4.07. The summed E-state index contributed by atoms with van der Waals surface area (Å²) >= 11 is 0. The van der Waals surface area contributed by atoms with Gasteiger partial charge < -0.3 is 14.5 Å². The number of ether oxygens (including phenoxy) is 2. The van der Waals surface area contributed by atoms with E-state index < -0.39 is 0 Å². The Labute approximate surface area is 99.6 Å². The topological polar surface area (TPSA) is 47.1 Å². The smallest absolute Gasteiger partial charge is 0.123 e. The molecule has 4 heteroatoms. The van der Waals surface area contributed by atoms with E-state index in [0.717, 1.165) is 35.9 Å². The van der Waals surface area contributed by atoms with Gasteiger partial charge in [-0.3, -0.25) is 0 Å². The predicted molar refractivity (Wildman–Crippen MR) is 63.5 cm³/mol. The van der Waals surface area contributed by atoms with E-state index in [-0.39, 0.29) is 5.92 Å². The van der Waals surface area contributed by atoms with Crippen LogP contribution in [0, 0.1) is 0 Å². The zero-order chi connectivity index (χ0) is 11.7. The van der Waals surface area contributed by atoms with Gasteiger partial charge in [0, 0.05) is 23.9 Å². The van der Waals surface area contributed by atoms with Gasteiger partial charge in [-0.1, -0.05) is 0 Å². The third-order valence-electron chi connectivity index (χ3n) is 3.11. The first-order valence-corrected chi connectivity index (χ1v) is 5.68. The van der Waals surface area contributed by atoms with Crippen LogP contribution in [-0.2, 0) is 0 Å². The molecule has 0 amide bonds. The summed E-state index contributed by atoms with van der Waals surface area (Å²) in [6, 6.07) is 5.91. The van der Waals surface area contributed by atoms with E-state index in [1.54, 1.807) is 13.3 Å². The van der Waals surface area contributed by atoms with Crippen LogP contribution in [0.3, 0.4) is 0 Å². The minimum atomic E-state index is 0.267. The van der Waals surface area contributed by atoms with Crippen LogP contribution in [0.25, 0.3) is 0 Å². The number of methoxy groups -OCH3 is 1. The molecule has 1 aromatic heterocycles. The molecule has 88 valence electrons. The number of aromatic nitrogens is 2. The van der Waals surface area contributed by atoms with Crippen molar-refractivity contribution < 1.29 is 9.47 Å². The number of hydrogen-bond acceptors (Lipinski definition) is 3. The van der Waals surface area contributed by atoms with E-state index in [4.69, 9.17) is 9.47 Å². The number of nitrogens with one attached hydrogen (secondary N) is 1. The second kappa shape index (κ2) is 4.13. The number of H-pyrrole nitrogens is 1. The summed E-state index contributed by atoms with van der Waals surface area (Å²) in [4.78, 5) is 7.52. The van der Waals surface area contributed by atoms with E-state index >= 15 is 0 Å². The molecule has 2 aromatic rings. The lowest BCUT2D eigenvalue weighted by molar-refractivity contribution is 0.273. The molecular formula is C13H14N2O2. The van der Waals surface area contributed by atoms with E-state index in [2.05, 4.69) is 9.97 Å². The number of rotatable bonds is 2. The zero-order valence-corrected chi connectivity index (χ0v) is 9.64. The molecule has 0 aliphatic carbocycles. The Kier molecular flexibility index (Phi) is 2.48. The standard InChI is InChI=1S/C13H14N2O2/c1-16-9-2-3-12-11(8-9)10(4-7-17-12)13-14-5-6-15-13/h2-3,5-6,8,10H,4,7H2,1H3,(H,14,15). The highest BCUT2D eigenvalue weighted by Crippen LogP contribution is 2.38. The summed E-state index contributed by atoms with van der Waals surface area (Å²) in [7, 11) is 1.67. The lowest BCUT2D eigenvalue weighted by Crippen LogP contribution is -2.16. The summed E-state index contributed by atoms with van der Waals surface area (Å²) in [5.41, 5.74) is 1.14. The summed E-state index contributed by atoms with van der Waals surface area (Å²) < 4.78 is 10.9. The van der Waals surface area contributed by atoms with E-state index in [1.165, 1.54) is 0 Å². The fraction of sp³-hybridized carbons (Fsp3) is 0.308. The second-order valence-corrected chi connectivity index (χ2v) is 4.07. The molecular weight excluding hydrogens is 216 g/mol. The minimum absolute atomic E-state index is 0.267. The molecule has 1 aliphatic rings. The van der Waals surface area contributed by atoms with Crippen molar-refractivity contribution in [2.45, 2.75) is 12.3 Å². The Morgan fingerprint density at radius 2 is 2.41 bits per heavy atom. The highest BCUT2D eigenvalue weighted by molar-refractivity contribution is 5.45. The van der Waals surface area contributed by atoms with Crippen LogP contribution in [0.1, 0.15) is 23.7 Å². The maximum atomic E-state index is 5.65. The highest BCUT2D eigenvalue weighted by atomic mass is 16.5. The summed E-state index contributed by atoms with van der Waals surface area (Å²) in [5, 5.41) is 0. The van der Waals surface area contributed by atoms with Crippen molar-refractivity contribution >= 4 is 0 Å². The van der Waals surface area contributed by atoms with E-state index in [1.807, 2.05) is 24.4 Å². The maximum Gasteiger partial charge on any atom is 0.123 e. The first-order valence-electron chi connectivity index (χ1n) is 5.68. The van der Waals surface area contributed by atoms with Gasteiger partial charge in [0.1, 0.15) is 17.3 Å². The zero-order valence-electron chi connectivity index (χ0n) is 9.64. The molecule has 17 heavy (non-hydrogen) atoms. The first-order chi connectivity index (χ1) is 8.38. The molecule has 1 N–H and O–H groups in total. The molecule has 0 spiro atoms. The lowest BCUT2D eigenvalue weighted by Gasteiger charge is -2.24. The normalized spacial score (nSPS) is 18.3. The van der Waals surface area contributed by atoms with Crippen molar-refractivity contribution in [3.63, 3.8) is 0 Å². The molecule has 0 saturated heterocycles. The molecule has 0 radical (unpaired) electrons. The fourth-order valence-corrected chi connectivity index (χ4v) is 2.25. The molecule has 1 aliphatic heterocycles. The Hall–Kier alpha value is -1.97. The molecule has 4 nitrogen and oxygen atoms in total. The largest absolute Gasteiger partial charge is 0.497 e. The number of benzene rings is 1. The molecule has 0 saturated carbocycles. The van der Waals surface area contributed by atoms with Crippen molar-refractivity contribution in [3.05, 3.63) is 42.0 Å². The number of hydrogen-bond donors (Lipinski definition) is 1. The Bertz CT molecular complexity index is 508. The van der Waals surface area contributed by atoms with Gasteiger partial charge >= 0.3 is 0 Å². The van der Waals surface area contributed by atoms with Crippen LogP contribution >= 0.6 is 0 Å². The third-order valence-corrected chi connectivity index (χ3v) is 3.11. The van der Waals surface area contributed by atoms with Gasteiger partial charge in [0.25, 0.3) is 0 Å². The van der Waals surface area contributed by atoms with Crippen molar-refractivity contribution in [2.24, 2.45) is 0 Å². The molecule has 1 aromatic carbocycles. The SMILES string of the molecule is COc1ccc2c(c1)C(c1ncc[nH]1)CCO2. The fourth-order valence-electron chi connectivity index (χ4n) is 2.25. The average molecular weight is 230 g/mol. The average Bonchev–Trinajstić information content (AvgIpc) is 2.91. The lowest BCUT2D eigenvalue weighted by atomic mass is 9.92. The van der Waals surface area contributed by atoms with Gasteiger partial charge in [0.05, 0.1) is 13.7 Å². The van der Waals surface area contributed by atoms with Gasteiger partial charge in [0.15, 0.2) is 0 Å². The van der Waals surface area contributed by atoms with Crippen molar-refractivity contribution in [1.29, 1.82) is 0 Å². The predicted octanol–water partition coefficient (Wildman–Crippen LogP) is 2.33. The number of aromatic amines is 1. The summed E-state index contributed by atoms with van der Waals surface area (Å²) in [5.74, 6) is 3.04. The highest BCUT2D eigenvalue weighted by Gasteiger charge is 2.25. The van der Waals surface area contributed by atoms with Gasteiger partial charge in [-0.05, 0) is 24.6 Å².